The molecule has 2 heterocycles. The summed E-state index contributed by atoms with van der Waals surface area (Å²) >= 11 is 0. The smallest absolute Gasteiger partial charge is 0.342 e. The lowest BCUT2D eigenvalue weighted by atomic mass is 9.55. The first-order valence-electron chi connectivity index (χ1n) is 15.3. The van der Waals surface area contributed by atoms with Gasteiger partial charge in [-0.2, -0.15) is 0 Å². The molecule has 13 heteroatoms. The van der Waals surface area contributed by atoms with Gasteiger partial charge < -0.3 is 38.6 Å². The van der Waals surface area contributed by atoms with Gasteiger partial charge in [0.05, 0.1) is 0 Å². The maximum atomic E-state index is 13.3. The van der Waals surface area contributed by atoms with Crippen LogP contribution in [-0.4, -0.2) is 93.5 Å². The highest BCUT2D eigenvalue weighted by Gasteiger charge is 2.88. The highest BCUT2D eigenvalue weighted by atomic mass is 16.7. The number of unbranched alkanes of at least 4 members (excludes halogenated alkanes) is 2. The topological polar surface area (TPSA) is 184 Å². The van der Waals surface area contributed by atoms with E-state index in [-0.39, 0.29) is 12.0 Å². The Morgan fingerprint density at radius 2 is 1.53 bits per heavy atom. The van der Waals surface area contributed by atoms with E-state index in [1.54, 1.807) is 13.8 Å². The van der Waals surface area contributed by atoms with Crippen molar-refractivity contribution in [3.05, 3.63) is 23.8 Å². The van der Waals surface area contributed by atoms with E-state index in [0.717, 1.165) is 33.6 Å². The van der Waals surface area contributed by atoms with E-state index in [1.807, 2.05) is 6.92 Å². The molecule has 2 aliphatic carbocycles. The van der Waals surface area contributed by atoms with E-state index in [0.29, 0.717) is 6.42 Å². The second-order valence-electron chi connectivity index (χ2n) is 13.0. The summed E-state index contributed by atoms with van der Waals surface area (Å²) in [5, 5.41) is 24.3. The quantitative estimate of drug-likeness (QED) is 0.130. The van der Waals surface area contributed by atoms with Gasteiger partial charge >= 0.3 is 29.8 Å². The Labute approximate surface area is 262 Å². The SMILES string of the molecule is CCCCCC(=O)O[C@H]1/C(C)=C\[C@@H]2OC(=O)[C@]3(C)O[C@]23[C@H](OC(C)=O)[C@H]2[C@](C)(O)[C@H](OC(C)=O)C=C[C@]2(C)[C@@H](OC(C)=O)[C@@H]1O. The van der Waals surface area contributed by atoms with Crippen LogP contribution in [0.4, 0.5) is 0 Å². The van der Waals surface area contributed by atoms with Crippen molar-refractivity contribution in [3.63, 3.8) is 0 Å². The van der Waals surface area contributed by atoms with E-state index < -0.39 is 94.6 Å². The summed E-state index contributed by atoms with van der Waals surface area (Å²) < 4.78 is 34.9. The molecular formula is C32H44O13. The van der Waals surface area contributed by atoms with Crippen molar-refractivity contribution in [3.8, 4) is 0 Å². The van der Waals surface area contributed by atoms with Crippen molar-refractivity contribution in [1.82, 2.24) is 0 Å². The van der Waals surface area contributed by atoms with Gasteiger partial charge in [0.1, 0.15) is 30.0 Å². The van der Waals surface area contributed by atoms with E-state index >= 15 is 0 Å². The van der Waals surface area contributed by atoms with Crippen LogP contribution >= 0.6 is 0 Å². The number of fused-ring (bicyclic) bond motifs is 1. The van der Waals surface area contributed by atoms with Crippen molar-refractivity contribution in [2.24, 2.45) is 11.3 Å². The minimum atomic E-state index is -2.09. The molecule has 2 fully saturated rings. The molecule has 4 rings (SSSR count). The molecular weight excluding hydrogens is 592 g/mol. The van der Waals surface area contributed by atoms with Crippen LogP contribution in [0.25, 0.3) is 0 Å². The summed E-state index contributed by atoms with van der Waals surface area (Å²) in [6.07, 6.45) is -2.05. The Kier molecular flexibility index (Phi) is 9.33. The second kappa shape index (κ2) is 12.1. The van der Waals surface area contributed by atoms with Gasteiger partial charge in [0.2, 0.25) is 0 Å². The third-order valence-corrected chi connectivity index (χ3v) is 9.57. The Balaban J connectivity index is 2.01. The van der Waals surface area contributed by atoms with Crippen LogP contribution in [0.1, 0.15) is 81.1 Å². The number of hydrogen-bond acceptors (Lipinski definition) is 13. The molecule has 0 aromatic heterocycles. The summed E-state index contributed by atoms with van der Waals surface area (Å²) in [5.41, 5.74) is -6.81. The molecule has 250 valence electrons. The first-order chi connectivity index (χ1) is 20.9. The molecule has 0 bridgehead atoms. The summed E-state index contributed by atoms with van der Waals surface area (Å²) in [5.74, 6) is -5.05. The summed E-state index contributed by atoms with van der Waals surface area (Å²) in [4.78, 5) is 63.7. The monoisotopic (exact) mass is 636 g/mol. The Bertz CT molecular complexity index is 1300. The number of carbonyl (C=O) groups excluding carboxylic acids is 5. The average Bonchev–Trinajstić information content (AvgIpc) is 3.51. The van der Waals surface area contributed by atoms with Crippen LogP contribution in [-0.2, 0) is 52.4 Å². The molecule has 0 unspecified atom stereocenters. The molecule has 4 aliphatic rings. The van der Waals surface area contributed by atoms with Gasteiger partial charge in [-0.3, -0.25) is 19.2 Å². The lowest BCUT2D eigenvalue weighted by Crippen LogP contribution is -2.69. The Morgan fingerprint density at radius 1 is 0.933 bits per heavy atom. The zero-order valence-electron chi connectivity index (χ0n) is 27.0. The summed E-state index contributed by atoms with van der Waals surface area (Å²) in [7, 11) is 0. The van der Waals surface area contributed by atoms with Gasteiger partial charge in [0, 0.05) is 38.5 Å². The fourth-order valence-electron chi connectivity index (χ4n) is 7.42. The van der Waals surface area contributed by atoms with Crippen molar-refractivity contribution in [2.75, 3.05) is 0 Å². The van der Waals surface area contributed by atoms with Gasteiger partial charge in [0.15, 0.2) is 23.4 Å². The van der Waals surface area contributed by atoms with Crippen LogP contribution in [0.2, 0.25) is 0 Å². The standard InChI is InChI=1S/C32H44O13/c1-9-10-11-12-22(36)44-24-16(2)15-21-32(31(8,45-32)28(38)43-21)27(42-19(5)35)25-29(6,26(23(24)37)41-18(4)34)14-13-20(30(25,7)39)40-17(3)33/h13-15,20-21,23-27,37,39H,9-12H2,1-8H3/b16-15-/t20-,21+,23-,24+,25-,26+,27-,29+,30-,31+,32+/m1/s1. The predicted molar refractivity (Wildman–Crippen MR) is 154 cm³/mol. The Hall–Kier alpha value is -3.29. The number of carbonyl (C=O) groups is 5. The van der Waals surface area contributed by atoms with Crippen LogP contribution in [0.5, 0.6) is 0 Å². The summed E-state index contributed by atoms with van der Waals surface area (Å²) in [6.45, 7) is 11.4. The number of aliphatic hydroxyl groups excluding tert-OH is 1. The predicted octanol–water partition coefficient (Wildman–Crippen LogP) is 1.99. The van der Waals surface area contributed by atoms with Gasteiger partial charge in [0.25, 0.3) is 0 Å². The maximum Gasteiger partial charge on any atom is 0.342 e. The van der Waals surface area contributed by atoms with Gasteiger partial charge in [-0.15, -0.1) is 0 Å². The fraction of sp³-hybridized carbons (Fsp3) is 0.719. The molecule has 11 atom stereocenters. The van der Waals surface area contributed by atoms with Crippen molar-refractivity contribution < 1.29 is 62.6 Å². The third-order valence-electron chi connectivity index (χ3n) is 9.57. The highest BCUT2D eigenvalue weighted by Crippen LogP contribution is 2.65. The van der Waals surface area contributed by atoms with E-state index in [1.165, 1.54) is 32.1 Å². The van der Waals surface area contributed by atoms with Crippen molar-refractivity contribution >= 4 is 29.8 Å². The molecule has 2 saturated heterocycles. The zero-order valence-corrected chi connectivity index (χ0v) is 27.0. The van der Waals surface area contributed by atoms with Gasteiger partial charge in [-0.05, 0) is 44.9 Å². The molecule has 0 radical (unpaired) electrons. The van der Waals surface area contributed by atoms with E-state index in [9.17, 15) is 34.2 Å². The lowest BCUT2D eigenvalue weighted by Gasteiger charge is -2.55. The summed E-state index contributed by atoms with van der Waals surface area (Å²) in [6, 6.07) is 0. The van der Waals surface area contributed by atoms with Crippen LogP contribution < -0.4 is 0 Å². The Morgan fingerprint density at radius 3 is 2.09 bits per heavy atom. The molecule has 0 aromatic carbocycles. The zero-order chi connectivity index (χ0) is 33.7. The number of epoxide rings is 1. The molecule has 2 N–H and O–H groups in total. The molecule has 0 saturated carbocycles. The molecule has 45 heavy (non-hydrogen) atoms. The second-order valence-corrected chi connectivity index (χ2v) is 13.0. The first kappa shape index (κ1) is 34.6. The average molecular weight is 637 g/mol. The number of hydrogen-bond donors (Lipinski definition) is 2. The van der Waals surface area contributed by atoms with Crippen molar-refractivity contribution in [2.45, 2.75) is 135 Å². The minimum absolute atomic E-state index is 0.0687. The van der Waals surface area contributed by atoms with E-state index in [4.69, 9.17) is 28.4 Å². The molecule has 0 aromatic rings. The number of ether oxygens (including phenoxy) is 6. The van der Waals surface area contributed by atoms with Crippen LogP contribution in [0, 0.1) is 11.3 Å². The van der Waals surface area contributed by atoms with Gasteiger partial charge in [-0.25, -0.2) is 4.79 Å². The number of esters is 5. The van der Waals surface area contributed by atoms with Crippen LogP contribution in [0.15, 0.2) is 23.8 Å². The molecule has 2 aliphatic heterocycles. The largest absolute Gasteiger partial charge is 0.459 e. The maximum absolute atomic E-state index is 13.3. The van der Waals surface area contributed by atoms with Crippen molar-refractivity contribution in [1.29, 1.82) is 0 Å². The van der Waals surface area contributed by atoms with Gasteiger partial charge in [-0.1, -0.05) is 32.8 Å². The number of aliphatic hydroxyl groups is 2. The number of rotatable bonds is 8. The molecule has 1 spiro atoms. The fourth-order valence-corrected chi connectivity index (χ4v) is 7.42. The third kappa shape index (κ3) is 5.78. The lowest BCUT2D eigenvalue weighted by molar-refractivity contribution is -0.230. The first-order valence-corrected chi connectivity index (χ1v) is 15.3. The normalized spacial score (nSPS) is 42.8. The minimum Gasteiger partial charge on any atom is -0.459 e. The van der Waals surface area contributed by atoms with Crippen LogP contribution in [0.3, 0.4) is 0 Å². The molecule has 13 nitrogen and oxygen atoms in total. The highest BCUT2D eigenvalue weighted by molar-refractivity contribution is 5.89. The van der Waals surface area contributed by atoms with E-state index in [2.05, 4.69) is 0 Å². The molecule has 0 amide bonds.